The molecule has 0 saturated heterocycles. The van der Waals surface area contributed by atoms with Gasteiger partial charge in [-0.2, -0.15) is 0 Å². The van der Waals surface area contributed by atoms with E-state index in [2.05, 4.69) is 9.97 Å². The Morgan fingerprint density at radius 1 is 1.20 bits per heavy atom. The molecular weight excluding hydrogens is 263 g/mol. The Morgan fingerprint density at radius 3 is 2.60 bits per heavy atom. The van der Waals surface area contributed by atoms with E-state index >= 15 is 0 Å². The molecular formula is C14H11FN2O3. The maximum absolute atomic E-state index is 13.3. The summed E-state index contributed by atoms with van der Waals surface area (Å²) >= 11 is 0. The molecule has 0 atom stereocenters. The van der Waals surface area contributed by atoms with Crippen molar-refractivity contribution < 1.29 is 18.7 Å². The van der Waals surface area contributed by atoms with Crippen LogP contribution in [0.25, 0.3) is 0 Å². The zero-order chi connectivity index (χ0) is 14.5. The highest BCUT2D eigenvalue weighted by Crippen LogP contribution is 2.08. The second kappa shape index (κ2) is 6.01. The van der Waals surface area contributed by atoms with Gasteiger partial charge < -0.3 is 4.74 Å². The number of halogens is 1. The van der Waals surface area contributed by atoms with Gasteiger partial charge in [-0.25, -0.2) is 14.2 Å². The summed E-state index contributed by atoms with van der Waals surface area (Å²) < 4.78 is 18.1. The number of benzene rings is 1. The minimum atomic E-state index is -0.776. The summed E-state index contributed by atoms with van der Waals surface area (Å²) in [5.74, 6) is -2.04. The normalized spacial score (nSPS) is 10.1. The maximum atomic E-state index is 13.3. The third-order valence-corrected chi connectivity index (χ3v) is 2.50. The fourth-order valence-corrected chi connectivity index (χ4v) is 1.47. The van der Waals surface area contributed by atoms with Gasteiger partial charge in [0.15, 0.2) is 12.3 Å². The third-order valence-electron chi connectivity index (χ3n) is 2.50. The van der Waals surface area contributed by atoms with Crippen LogP contribution in [-0.2, 0) is 4.74 Å². The quantitative estimate of drug-likeness (QED) is 0.629. The van der Waals surface area contributed by atoms with Crippen molar-refractivity contribution in [3.8, 4) is 0 Å². The molecule has 6 heteroatoms. The predicted octanol–water partition coefficient (Wildman–Crippen LogP) is 1.96. The van der Waals surface area contributed by atoms with Crippen LogP contribution < -0.4 is 0 Å². The molecule has 0 spiro atoms. The van der Waals surface area contributed by atoms with E-state index in [0.29, 0.717) is 5.69 Å². The Balaban J connectivity index is 1.99. The lowest BCUT2D eigenvalue weighted by atomic mass is 10.1. The fraction of sp³-hybridized carbons (Fsp3) is 0.143. The summed E-state index contributed by atoms with van der Waals surface area (Å²) in [6.07, 6.45) is 2.67. The van der Waals surface area contributed by atoms with Crippen LogP contribution in [0.3, 0.4) is 0 Å². The second-order valence-electron chi connectivity index (χ2n) is 4.02. The number of ether oxygens (including phenoxy) is 1. The van der Waals surface area contributed by atoms with Gasteiger partial charge in [-0.1, -0.05) is 12.1 Å². The Kier molecular flexibility index (Phi) is 4.14. The largest absolute Gasteiger partial charge is 0.453 e. The van der Waals surface area contributed by atoms with Crippen LogP contribution in [0.5, 0.6) is 0 Å². The molecule has 1 aromatic heterocycles. The standard InChI is InChI=1S/C14H11FN2O3/c1-9-6-17-12(7-16-9)14(19)20-8-13(18)10-4-2-3-5-11(10)15/h2-7H,8H2,1H3. The van der Waals surface area contributed by atoms with E-state index < -0.39 is 24.2 Å². The first-order chi connectivity index (χ1) is 9.58. The van der Waals surface area contributed by atoms with Crippen molar-refractivity contribution >= 4 is 11.8 Å². The first-order valence-electron chi connectivity index (χ1n) is 5.81. The average molecular weight is 274 g/mol. The van der Waals surface area contributed by atoms with Crippen molar-refractivity contribution in [3.05, 3.63) is 59.4 Å². The molecule has 0 saturated carbocycles. The number of ketones is 1. The summed E-state index contributed by atoms with van der Waals surface area (Å²) in [4.78, 5) is 31.0. The molecule has 0 bridgehead atoms. The van der Waals surface area contributed by atoms with E-state index in [1.54, 1.807) is 6.92 Å². The highest BCUT2D eigenvalue weighted by molar-refractivity contribution is 5.99. The summed E-state index contributed by atoms with van der Waals surface area (Å²) in [7, 11) is 0. The van der Waals surface area contributed by atoms with E-state index in [1.807, 2.05) is 0 Å². The fourth-order valence-electron chi connectivity index (χ4n) is 1.47. The van der Waals surface area contributed by atoms with Crippen LogP contribution in [0, 0.1) is 12.7 Å². The zero-order valence-electron chi connectivity index (χ0n) is 10.7. The number of aryl methyl sites for hydroxylation is 1. The molecule has 0 unspecified atom stereocenters. The predicted molar refractivity (Wildman–Crippen MR) is 67.8 cm³/mol. The molecule has 2 aromatic rings. The van der Waals surface area contributed by atoms with Gasteiger partial charge in [-0.3, -0.25) is 9.78 Å². The molecule has 0 aliphatic rings. The monoisotopic (exact) mass is 274 g/mol. The van der Waals surface area contributed by atoms with Gasteiger partial charge in [0.25, 0.3) is 0 Å². The number of aromatic nitrogens is 2. The van der Waals surface area contributed by atoms with Gasteiger partial charge in [-0.05, 0) is 19.1 Å². The van der Waals surface area contributed by atoms with E-state index in [4.69, 9.17) is 4.74 Å². The van der Waals surface area contributed by atoms with Crippen LogP contribution in [0.15, 0.2) is 36.7 Å². The summed E-state index contributed by atoms with van der Waals surface area (Å²) in [6.45, 7) is 1.18. The molecule has 0 N–H and O–H groups in total. The molecule has 1 aromatic carbocycles. The number of carbonyl (C=O) groups is 2. The molecule has 1 heterocycles. The summed E-state index contributed by atoms with van der Waals surface area (Å²) in [6, 6.07) is 5.50. The van der Waals surface area contributed by atoms with Crippen LogP contribution in [-0.4, -0.2) is 28.3 Å². The number of rotatable bonds is 4. The second-order valence-corrected chi connectivity index (χ2v) is 4.02. The van der Waals surface area contributed by atoms with E-state index in [1.165, 1.54) is 36.7 Å². The molecule has 102 valence electrons. The Morgan fingerprint density at radius 2 is 1.95 bits per heavy atom. The molecule has 20 heavy (non-hydrogen) atoms. The van der Waals surface area contributed by atoms with Crippen LogP contribution >= 0.6 is 0 Å². The van der Waals surface area contributed by atoms with E-state index in [9.17, 15) is 14.0 Å². The third kappa shape index (κ3) is 3.23. The van der Waals surface area contributed by atoms with Crippen molar-refractivity contribution in [2.75, 3.05) is 6.61 Å². The maximum Gasteiger partial charge on any atom is 0.358 e. The van der Waals surface area contributed by atoms with Crippen molar-refractivity contribution in [2.45, 2.75) is 6.92 Å². The van der Waals surface area contributed by atoms with Crippen molar-refractivity contribution in [2.24, 2.45) is 0 Å². The van der Waals surface area contributed by atoms with E-state index in [-0.39, 0.29) is 11.3 Å². The molecule has 0 amide bonds. The number of hydrogen-bond acceptors (Lipinski definition) is 5. The molecule has 0 aliphatic carbocycles. The average Bonchev–Trinajstić information content (AvgIpc) is 2.45. The Hall–Kier alpha value is -2.63. The van der Waals surface area contributed by atoms with Gasteiger partial charge in [0, 0.05) is 6.20 Å². The lowest BCUT2D eigenvalue weighted by Crippen LogP contribution is -2.16. The van der Waals surface area contributed by atoms with Gasteiger partial charge in [0.05, 0.1) is 17.5 Å². The minimum Gasteiger partial charge on any atom is -0.453 e. The van der Waals surface area contributed by atoms with Crippen LogP contribution in [0.2, 0.25) is 0 Å². The highest BCUT2D eigenvalue weighted by Gasteiger charge is 2.15. The first-order valence-corrected chi connectivity index (χ1v) is 5.81. The summed E-state index contributed by atoms with van der Waals surface area (Å²) in [5, 5.41) is 0. The molecule has 2 rings (SSSR count). The van der Waals surface area contributed by atoms with Gasteiger partial charge in [0.2, 0.25) is 5.78 Å². The van der Waals surface area contributed by atoms with Crippen molar-refractivity contribution in [1.82, 2.24) is 9.97 Å². The Labute approximate surface area is 114 Å². The van der Waals surface area contributed by atoms with Gasteiger partial charge in [0.1, 0.15) is 5.82 Å². The SMILES string of the molecule is Cc1cnc(C(=O)OCC(=O)c2ccccc2F)cn1. The molecule has 0 radical (unpaired) electrons. The van der Waals surface area contributed by atoms with Crippen molar-refractivity contribution in [3.63, 3.8) is 0 Å². The van der Waals surface area contributed by atoms with E-state index in [0.717, 1.165) is 0 Å². The number of hydrogen-bond donors (Lipinski definition) is 0. The molecule has 5 nitrogen and oxygen atoms in total. The number of Topliss-reactive ketones (excluding diaryl/α,β-unsaturated/α-hetero) is 1. The number of nitrogens with zero attached hydrogens (tertiary/aromatic N) is 2. The van der Waals surface area contributed by atoms with Crippen LogP contribution in [0.4, 0.5) is 4.39 Å². The van der Waals surface area contributed by atoms with Gasteiger partial charge in [-0.15, -0.1) is 0 Å². The first kappa shape index (κ1) is 13.8. The Bertz CT molecular complexity index is 641. The smallest absolute Gasteiger partial charge is 0.358 e. The minimum absolute atomic E-state index is 0.00284. The lowest BCUT2D eigenvalue weighted by molar-refractivity contribution is 0.0467. The van der Waals surface area contributed by atoms with Crippen molar-refractivity contribution in [1.29, 1.82) is 0 Å². The highest BCUT2D eigenvalue weighted by atomic mass is 19.1. The number of carbonyl (C=O) groups excluding carboxylic acids is 2. The van der Waals surface area contributed by atoms with Crippen LogP contribution in [0.1, 0.15) is 26.5 Å². The zero-order valence-corrected chi connectivity index (χ0v) is 10.7. The lowest BCUT2D eigenvalue weighted by Gasteiger charge is -2.04. The molecule has 0 aliphatic heterocycles. The van der Waals surface area contributed by atoms with Gasteiger partial charge >= 0.3 is 5.97 Å². The number of esters is 1. The topological polar surface area (TPSA) is 69.2 Å². The molecule has 0 fully saturated rings. The summed E-state index contributed by atoms with van der Waals surface area (Å²) in [5.41, 5.74) is 0.538.